The molecule has 3 nitrogen and oxygen atoms in total. The minimum Gasteiger partial charge on any atom is -0.481 e. The number of nitrogens with one attached hydrogen (secondary N) is 1. The third-order valence-corrected chi connectivity index (χ3v) is 2.68. The van der Waals surface area contributed by atoms with E-state index in [0.29, 0.717) is 12.6 Å². The molecule has 0 aromatic heterocycles. The highest BCUT2D eigenvalue weighted by molar-refractivity contribution is 5.69. The van der Waals surface area contributed by atoms with Crippen LogP contribution in [0.1, 0.15) is 52.9 Å². The summed E-state index contributed by atoms with van der Waals surface area (Å²) < 4.78 is 0. The topological polar surface area (TPSA) is 49.3 Å². The lowest BCUT2D eigenvalue weighted by Crippen LogP contribution is -2.33. The van der Waals surface area contributed by atoms with Crippen molar-refractivity contribution < 1.29 is 9.90 Å². The number of carboxylic acids is 1. The number of hydrogen-bond donors (Lipinski definition) is 2. The second kappa shape index (κ2) is 8.72. The van der Waals surface area contributed by atoms with Gasteiger partial charge in [0.25, 0.3) is 0 Å². The third-order valence-electron chi connectivity index (χ3n) is 2.68. The highest BCUT2D eigenvalue weighted by Gasteiger charge is 2.11. The number of rotatable bonds is 9. The summed E-state index contributed by atoms with van der Waals surface area (Å²) in [4.78, 5) is 10.6. The zero-order valence-corrected chi connectivity index (χ0v) is 10.3. The molecule has 0 spiro atoms. The van der Waals surface area contributed by atoms with E-state index in [1.54, 1.807) is 6.92 Å². The van der Waals surface area contributed by atoms with E-state index < -0.39 is 5.97 Å². The first-order valence-corrected chi connectivity index (χ1v) is 6.04. The molecule has 0 amide bonds. The van der Waals surface area contributed by atoms with Crippen LogP contribution in [0.2, 0.25) is 0 Å². The minimum absolute atomic E-state index is 0.289. The maximum Gasteiger partial charge on any atom is 0.307 e. The largest absolute Gasteiger partial charge is 0.481 e. The van der Waals surface area contributed by atoms with Gasteiger partial charge in [-0.05, 0) is 13.3 Å². The lowest BCUT2D eigenvalue weighted by molar-refractivity contribution is -0.140. The van der Waals surface area contributed by atoms with Crippen molar-refractivity contribution in [2.75, 3.05) is 6.54 Å². The third kappa shape index (κ3) is 8.43. The Morgan fingerprint density at radius 3 is 2.47 bits per heavy atom. The van der Waals surface area contributed by atoms with E-state index in [-0.39, 0.29) is 5.92 Å². The van der Waals surface area contributed by atoms with Gasteiger partial charge < -0.3 is 10.4 Å². The van der Waals surface area contributed by atoms with Crippen molar-refractivity contribution in [1.82, 2.24) is 5.32 Å². The Kier molecular flexibility index (Phi) is 8.38. The molecule has 0 radical (unpaired) electrons. The maximum atomic E-state index is 10.6. The molecule has 0 heterocycles. The molecule has 0 aromatic carbocycles. The summed E-state index contributed by atoms with van der Waals surface area (Å²) in [5, 5.41) is 12.0. The Morgan fingerprint density at radius 2 is 1.93 bits per heavy atom. The van der Waals surface area contributed by atoms with E-state index in [0.717, 1.165) is 6.42 Å². The molecule has 0 aromatic rings. The Bertz CT molecular complexity index is 171. The predicted octanol–water partition coefficient (Wildman–Crippen LogP) is 2.66. The number of unbranched alkanes of at least 4 members (excludes halogenated alkanes) is 3. The lowest BCUT2D eigenvalue weighted by atomic mass is 10.1. The van der Waals surface area contributed by atoms with Crippen LogP contribution in [0, 0.1) is 5.92 Å². The van der Waals surface area contributed by atoms with Crippen molar-refractivity contribution in [3.05, 3.63) is 0 Å². The molecular weight excluding hydrogens is 190 g/mol. The van der Waals surface area contributed by atoms with Crippen LogP contribution in [-0.2, 0) is 4.79 Å². The van der Waals surface area contributed by atoms with Crippen LogP contribution in [0.25, 0.3) is 0 Å². The van der Waals surface area contributed by atoms with Crippen molar-refractivity contribution in [2.45, 2.75) is 58.9 Å². The Balaban J connectivity index is 3.40. The summed E-state index contributed by atoms with van der Waals surface area (Å²) in [5.74, 6) is -1.01. The van der Waals surface area contributed by atoms with E-state index in [4.69, 9.17) is 5.11 Å². The molecule has 2 N–H and O–H groups in total. The standard InChI is InChI=1S/C12H25NO2/c1-4-5-6-7-8-11(3)13-9-10(2)12(14)15/h10-11,13H,4-9H2,1-3H3,(H,14,15). The summed E-state index contributed by atoms with van der Waals surface area (Å²) in [6.07, 6.45) is 6.24. The fourth-order valence-electron chi connectivity index (χ4n) is 1.44. The first-order chi connectivity index (χ1) is 7.07. The van der Waals surface area contributed by atoms with Crippen LogP contribution in [0.3, 0.4) is 0 Å². The maximum absolute atomic E-state index is 10.6. The molecule has 3 heteroatoms. The summed E-state index contributed by atoms with van der Waals surface area (Å²) in [5.41, 5.74) is 0. The average Bonchev–Trinajstić information content (AvgIpc) is 2.20. The van der Waals surface area contributed by atoms with Crippen molar-refractivity contribution in [1.29, 1.82) is 0 Å². The van der Waals surface area contributed by atoms with Crippen LogP contribution < -0.4 is 5.32 Å². The fourth-order valence-corrected chi connectivity index (χ4v) is 1.44. The molecule has 2 atom stereocenters. The number of hydrogen-bond acceptors (Lipinski definition) is 2. The summed E-state index contributed by atoms with van der Waals surface area (Å²) in [6.45, 7) is 6.64. The second-order valence-electron chi connectivity index (χ2n) is 4.40. The van der Waals surface area contributed by atoms with Crippen LogP contribution in [-0.4, -0.2) is 23.7 Å². The molecule has 0 aliphatic heterocycles. The Labute approximate surface area is 93.3 Å². The van der Waals surface area contributed by atoms with E-state index in [2.05, 4.69) is 19.2 Å². The molecule has 0 fully saturated rings. The zero-order chi connectivity index (χ0) is 11.7. The fraction of sp³-hybridized carbons (Fsp3) is 0.917. The summed E-state index contributed by atoms with van der Waals surface area (Å²) in [6, 6.07) is 0.434. The monoisotopic (exact) mass is 215 g/mol. The first-order valence-electron chi connectivity index (χ1n) is 6.04. The van der Waals surface area contributed by atoms with Gasteiger partial charge in [-0.15, -0.1) is 0 Å². The van der Waals surface area contributed by atoms with Crippen LogP contribution in [0.4, 0.5) is 0 Å². The van der Waals surface area contributed by atoms with Gasteiger partial charge in [0.2, 0.25) is 0 Å². The van der Waals surface area contributed by atoms with Gasteiger partial charge in [0.05, 0.1) is 5.92 Å². The van der Waals surface area contributed by atoms with Gasteiger partial charge in [-0.1, -0.05) is 39.5 Å². The van der Waals surface area contributed by atoms with Gasteiger partial charge in [-0.2, -0.15) is 0 Å². The van der Waals surface area contributed by atoms with E-state index in [1.165, 1.54) is 25.7 Å². The molecule has 0 rings (SSSR count). The van der Waals surface area contributed by atoms with Gasteiger partial charge >= 0.3 is 5.97 Å². The zero-order valence-electron chi connectivity index (χ0n) is 10.3. The van der Waals surface area contributed by atoms with Crippen molar-refractivity contribution in [3.63, 3.8) is 0 Å². The SMILES string of the molecule is CCCCCCC(C)NCC(C)C(=O)O. The van der Waals surface area contributed by atoms with Crippen LogP contribution in [0.15, 0.2) is 0 Å². The smallest absolute Gasteiger partial charge is 0.307 e. The average molecular weight is 215 g/mol. The second-order valence-corrected chi connectivity index (χ2v) is 4.40. The van der Waals surface area contributed by atoms with E-state index >= 15 is 0 Å². The number of carboxylic acid groups (broad SMARTS) is 1. The van der Waals surface area contributed by atoms with Crippen molar-refractivity contribution in [3.8, 4) is 0 Å². The molecule has 0 aliphatic rings. The van der Waals surface area contributed by atoms with Gasteiger partial charge in [-0.25, -0.2) is 0 Å². The van der Waals surface area contributed by atoms with Gasteiger partial charge in [0.1, 0.15) is 0 Å². The predicted molar refractivity (Wildman–Crippen MR) is 63.0 cm³/mol. The Morgan fingerprint density at radius 1 is 1.27 bits per heavy atom. The summed E-state index contributed by atoms with van der Waals surface area (Å²) >= 11 is 0. The minimum atomic E-state index is -0.722. The van der Waals surface area contributed by atoms with E-state index in [9.17, 15) is 4.79 Å². The normalized spacial score (nSPS) is 14.9. The highest BCUT2D eigenvalue weighted by atomic mass is 16.4. The lowest BCUT2D eigenvalue weighted by Gasteiger charge is -2.15. The summed E-state index contributed by atoms with van der Waals surface area (Å²) in [7, 11) is 0. The van der Waals surface area contributed by atoms with Gasteiger partial charge in [0.15, 0.2) is 0 Å². The molecule has 0 bridgehead atoms. The number of carbonyl (C=O) groups is 1. The number of aliphatic carboxylic acids is 1. The molecule has 90 valence electrons. The van der Waals surface area contributed by atoms with Gasteiger partial charge in [-0.3, -0.25) is 4.79 Å². The molecule has 2 unspecified atom stereocenters. The van der Waals surface area contributed by atoms with Crippen LogP contribution in [0.5, 0.6) is 0 Å². The molecule has 15 heavy (non-hydrogen) atoms. The molecule has 0 saturated carbocycles. The molecular formula is C12H25NO2. The first kappa shape index (κ1) is 14.4. The van der Waals surface area contributed by atoms with Crippen molar-refractivity contribution in [2.24, 2.45) is 5.92 Å². The van der Waals surface area contributed by atoms with E-state index in [1.807, 2.05) is 0 Å². The quantitative estimate of drug-likeness (QED) is 0.581. The van der Waals surface area contributed by atoms with Crippen molar-refractivity contribution >= 4 is 5.97 Å². The Hall–Kier alpha value is -0.570. The highest BCUT2D eigenvalue weighted by Crippen LogP contribution is 2.05. The molecule has 0 aliphatic carbocycles. The molecule has 0 saturated heterocycles. The van der Waals surface area contributed by atoms with Crippen LogP contribution >= 0.6 is 0 Å². The van der Waals surface area contributed by atoms with Gasteiger partial charge in [0, 0.05) is 12.6 Å².